The molecule has 1 aliphatic heterocycles. The molecular formula is C15H18ClN3O. The Labute approximate surface area is 123 Å². The molecule has 5 heteroatoms. The number of carbonyl (C=O) groups is 1. The van der Waals surface area contributed by atoms with Gasteiger partial charge in [-0.25, -0.2) is 0 Å². The van der Waals surface area contributed by atoms with Crippen LogP contribution in [0.15, 0.2) is 24.4 Å². The third kappa shape index (κ3) is 2.53. The molecule has 20 heavy (non-hydrogen) atoms. The molecule has 1 aromatic heterocycles. The fourth-order valence-electron chi connectivity index (χ4n) is 2.68. The van der Waals surface area contributed by atoms with E-state index >= 15 is 0 Å². The molecule has 0 aliphatic carbocycles. The number of H-pyrrole nitrogens is 1. The zero-order valence-electron chi connectivity index (χ0n) is 11.5. The van der Waals surface area contributed by atoms with E-state index < -0.39 is 0 Å². The summed E-state index contributed by atoms with van der Waals surface area (Å²) in [5.41, 5.74) is 1.97. The van der Waals surface area contributed by atoms with Crippen molar-refractivity contribution in [3.63, 3.8) is 0 Å². The van der Waals surface area contributed by atoms with E-state index in [0.29, 0.717) is 11.4 Å². The number of halogens is 1. The maximum absolute atomic E-state index is 12.4. The van der Waals surface area contributed by atoms with Crippen LogP contribution < -0.4 is 0 Å². The van der Waals surface area contributed by atoms with Gasteiger partial charge in [0.05, 0.1) is 11.4 Å². The van der Waals surface area contributed by atoms with Crippen LogP contribution in [0, 0.1) is 0 Å². The minimum absolute atomic E-state index is 0.180. The minimum Gasteiger partial charge on any atom is -0.361 e. The Morgan fingerprint density at radius 1 is 1.30 bits per heavy atom. The van der Waals surface area contributed by atoms with Gasteiger partial charge in [-0.15, -0.1) is 0 Å². The number of aromatic nitrogens is 1. The van der Waals surface area contributed by atoms with Crippen LogP contribution in [0.1, 0.15) is 5.56 Å². The monoisotopic (exact) mass is 291 g/mol. The van der Waals surface area contributed by atoms with E-state index in [1.807, 2.05) is 29.3 Å². The molecule has 1 saturated heterocycles. The van der Waals surface area contributed by atoms with E-state index in [4.69, 9.17) is 11.6 Å². The van der Waals surface area contributed by atoms with Crippen LogP contribution in [0.5, 0.6) is 0 Å². The Morgan fingerprint density at radius 3 is 2.80 bits per heavy atom. The number of benzene rings is 1. The maximum Gasteiger partial charge on any atom is 0.227 e. The Kier molecular flexibility index (Phi) is 3.68. The lowest BCUT2D eigenvalue weighted by molar-refractivity contribution is -0.132. The number of piperazine rings is 1. The Balaban J connectivity index is 1.78. The van der Waals surface area contributed by atoms with Crippen molar-refractivity contribution in [3.05, 3.63) is 35.0 Å². The van der Waals surface area contributed by atoms with Gasteiger partial charge in [0.15, 0.2) is 0 Å². The number of nitrogens with one attached hydrogen (secondary N) is 1. The molecule has 1 fully saturated rings. The second-order valence-corrected chi connectivity index (χ2v) is 5.74. The van der Waals surface area contributed by atoms with Crippen LogP contribution in [0.2, 0.25) is 5.02 Å². The number of amides is 1. The van der Waals surface area contributed by atoms with Gasteiger partial charge in [-0.2, -0.15) is 0 Å². The van der Waals surface area contributed by atoms with Crippen LogP contribution in [-0.2, 0) is 11.2 Å². The normalized spacial score (nSPS) is 16.8. The zero-order valence-corrected chi connectivity index (χ0v) is 12.3. The molecule has 1 N–H and O–H groups in total. The van der Waals surface area contributed by atoms with Crippen molar-refractivity contribution in [2.24, 2.45) is 0 Å². The van der Waals surface area contributed by atoms with Crippen molar-refractivity contribution >= 4 is 28.4 Å². The molecule has 106 valence electrons. The molecule has 0 unspecified atom stereocenters. The standard InChI is InChI=1S/C15H18ClN3O/c1-18-5-7-19(8-6-18)14(20)9-11-10-17-13-4-2-3-12(16)15(11)13/h2-4,10,17H,5-9H2,1H3. The summed E-state index contributed by atoms with van der Waals surface area (Å²) in [6.07, 6.45) is 2.30. The van der Waals surface area contributed by atoms with E-state index in [-0.39, 0.29) is 5.91 Å². The first kappa shape index (κ1) is 13.5. The number of aromatic amines is 1. The van der Waals surface area contributed by atoms with E-state index in [0.717, 1.165) is 42.6 Å². The first-order valence-corrected chi connectivity index (χ1v) is 7.24. The molecule has 2 aromatic rings. The van der Waals surface area contributed by atoms with Crippen LogP contribution in [0.4, 0.5) is 0 Å². The quantitative estimate of drug-likeness (QED) is 0.921. The fourth-order valence-corrected chi connectivity index (χ4v) is 2.97. The number of hydrogen-bond donors (Lipinski definition) is 1. The molecule has 4 nitrogen and oxygen atoms in total. The van der Waals surface area contributed by atoms with Crippen LogP contribution in [-0.4, -0.2) is 53.9 Å². The molecule has 2 heterocycles. The third-order valence-corrected chi connectivity index (χ3v) is 4.25. The highest BCUT2D eigenvalue weighted by Crippen LogP contribution is 2.27. The Bertz CT molecular complexity index is 629. The highest BCUT2D eigenvalue weighted by molar-refractivity contribution is 6.35. The van der Waals surface area contributed by atoms with E-state index in [1.165, 1.54) is 0 Å². The fraction of sp³-hybridized carbons (Fsp3) is 0.400. The van der Waals surface area contributed by atoms with Crippen LogP contribution in [0.3, 0.4) is 0 Å². The molecule has 0 spiro atoms. The summed E-state index contributed by atoms with van der Waals surface area (Å²) in [7, 11) is 2.08. The van der Waals surface area contributed by atoms with Gasteiger partial charge in [0, 0.05) is 43.3 Å². The van der Waals surface area contributed by atoms with Crippen LogP contribution in [0.25, 0.3) is 10.9 Å². The molecular weight excluding hydrogens is 274 g/mol. The summed E-state index contributed by atoms with van der Waals surface area (Å²) in [6, 6.07) is 5.75. The van der Waals surface area contributed by atoms with Crippen molar-refractivity contribution in [2.75, 3.05) is 33.2 Å². The Hall–Kier alpha value is -1.52. The number of hydrogen-bond acceptors (Lipinski definition) is 2. The SMILES string of the molecule is CN1CCN(C(=O)Cc2c[nH]c3cccc(Cl)c23)CC1. The lowest BCUT2D eigenvalue weighted by Gasteiger charge is -2.32. The van der Waals surface area contributed by atoms with Crippen LogP contribution >= 0.6 is 11.6 Å². The maximum atomic E-state index is 12.4. The number of fused-ring (bicyclic) bond motifs is 1. The summed E-state index contributed by atoms with van der Waals surface area (Å²) in [5, 5.41) is 1.67. The largest absolute Gasteiger partial charge is 0.361 e. The zero-order chi connectivity index (χ0) is 14.1. The average molecular weight is 292 g/mol. The molecule has 0 bridgehead atoms. The number of rotatable bonds is 2. The highest BCUT2D eigenvalue weighted by atomic mass is 35.5. The van der Waals surface area contributed by atoms with Crippen molar-refractivity contribution in [3.8, 4) is 0 Å². The average Bonchev–Trinajstić information content (AvgIpc) is 2.84. The third-order valence-electron chi connectivity index (χ3n) is 3.93. The first-order chi connectivity index (χ1) is 9.65. The summed E-state index contributed by atoms with van der Waals surface area (Å²) in [5.74, 6) is 0.180. The molecule has 1 aromatic carbocycles. The first-order valence-electron chi connectivity index (χ1n) is 6.86. The second kappa shape index (κ2) is 5.46. The number of nitrogens with zero attached hydrogens (tertiary/aromatic N) is 2. The van der Waals surface area contributed by atoms with Gasteiger partial charge in [-0.3, -0.25) is 4.79 Å². The predicted octanol–water partition coefficient (Wildman–Crippen LogP) is 2.14. The van der Waals surface area contributed by atoms with E-state index in [1.54, 1.807) is 0 Å². The molecule has 0 atom stereocenters. The molecule has 0 radical (unpaired) electrons. The predicted molar refractivity (Wildman–Crippen MR) is 81.1 cm³/mol. The lowest BCUT2D eigenvalue weighted by atomic mass is 10.1. The number of likely N-dealkylation sites (N-methyl/N-ethyl adjacent to an activating group) is 1. The molecule has 1 aliphatic rings. The van der Waals surface area contributed by atoms with Crippen molar-refractivity contribution in [1.29, 1.82) is 0 Å². The van der Waals surface area contributed by atoms with Gasteiger partial charge in [0.2, 0.25) is 5.91 Å². The molecule has 1 amide bonds. The lowest BCUT2D eigenvalue weighted by Crippen LogP contribution is -2.47. The van der Waals surface area contributed by atoms with Crippen molar-refractivity contribution in [1.82, 2.24) is 14.8 Å². The van der Waals surface area contributed by atoms with Gasteiger partial charge in [0.25, 0.3) is 0 Å². The van der Waals surface area contributed by atoms with Gasteiger partial charge in [0.1, 0.15) is 0 Å². The van der Waals surface area contributed by atoms with Gasteiger partial charge >= 0.3 is 0 Å². The highest BCUT2D eigenvalue weighted by Gasteiger charge is 2.20. The molecule has 3 rings (SSSR count). The van der Waals surface area contributed by atoms with Gasteiger partial charge < -0.3 is 14.8 Å². The van der Waals surface area contributed by atoms with E-state index in [9.17, 15) is 4.79 Å². The second-order valence-electron chi connectivity index (χ2n) is 5.34. The number of carbonyl (C=O) groups excluding carboxylic acids is 1. The van der Waals surface area contributed by atoms with Crippen molar-refractivity contribution < 1.29 is 4.79 Å². The van der Waals surface area contributed by atoms with E-state index in [2.05, 4.69) is 16.9 Å². The smallest absolute Gasteiger partial charge is 0.227 e. The summed E-state index contributed by atoms with van der Waals surface area (Å²) in [6.45, 7) is 3.51. The van der Waals surface area contributed by atoms with Gasteiger partial charge in [-0.05, 0) is 24.7 Å². The molecule has 0 saturated carbocycles. The summed E-state index contributed by atoms with van der Waals surface area (Å²) in [4.78, 5) is 19.7. The Morgan fingerprint density at radius 2 is 2.05 bits per heavy atom. The summed E-state index contributed by atoms with van der Waals surface area (Å²) >= 11 is 6.24. The summed E-state index contributed by atoms with van der Waals surface area (Å²) < 4.78 is 0. The minimum atomic E-state index is 0.180. The topological polar surface area (TPSA) is 39.3 Å². The van der Waals surface area contributed by atoms with Gasteiger partial charge in [-0.1, -0.05) is 17.7 Å². The van der Waals surface area contributed by atoms with Crippen molar-refractivity contribution in [2.45, 2.75) is 6.42 Å².